The number of rotatable bonds is 7. The third-order valence-corrected chi connectivity index (χ3v) is 3.58. The zero-order chi connectivity index (χ0) is 14.4. The lowest BCUT2D eigenvalue weighted by atomic mass is 10.0. The van der Waals surface area contributed by atoms with E-state index in [1.807, 2.05) is 6.20 Å². The summed E-state index contributed by atoms with van der Waals surface area (Å²) in [7, 11) is 0. The van der Waals surface area contributed by atoms with Gasteiger partial charge in [-0.15, -0.1) is 0 Å². The average Bonchev–Trinajstić information content (AvgIpc) is 2.87. The Balaban J connectivity index is 2.16. The van der Waals surface area contributed by atoms with Crippen LogP contribution in [0.4, 0.5) is 0 Å². The van der Waals surface area contributed by atoms with Crippen LogP contribution in [0.15, 0.2) is 36.7 Å². The van der Waals surface area contributed by atoms with Crippen molar-refractivity contribution in [2.75, 3.05) is 6.54 Å². The fourth-order valence-corrected chi connectivity index (χ4v) is 2.51. The van der Waals surface area contributed by atoms with Crippen LogP contribution in [0.1, 0.15) is 43.3 Å². The van der Waals surface area contributed by atoms with Crippen molar-refractivity contribution in [3.05, 3.63) is 53.6 Å². The summed E-state index contributed by atoms with van der Waals surface area (Å²) in [6.45, 7) is 8.49. The summed E-state index contributed by atoms with van der Waals surface area (Å²) in [5.41, 5.74) is 2.64. The van der Waals surface area contributed by atoms with E-state index >= 15 is 0 Å². The highest BCUT2D eigenvalue weighted by Gasteiger charge is 2.14. The summed E-state index contributed by atoms with van der Waals surface area (Å²) in [5.74, 6) is 1.17. The number of hydrogen-bond donors (Lipinski definition) is 1. The average molecular weight is 271 g/mol. The Hall–Kier alpha value is -1.61. The van der Waals surface area contributed by atoms with E-state index in [1.54, 1.807) is 0 Å². The van der Waals surface area contributed by atoms with Crippen LogP contribution in [-0.4, -0.2) is 16.1 Å². The molecule has 0 bridgehead atoms. The van der Waals surface area contributed by atoms with Crippen molar-refractivity contribution in [3.8, 4) is 0 Å². The van der Waals surface area contributed by atoms with E-state index < -0.39 is 0 Å². The Morgan fingerprint density at radius 3 is 2.60 bits per heavy atom. The molecule has 1 N–H and O–H groups in total. The second-order valence-electron chi connectivity index (χ2n) is 5.26. The molecule has 0 saturated heterocycles. The molecule has 0 amide bonds. The number of benzene rings is 1. The summed E-state index contributed by atoms with van der Waals surface area (Å²) in [6, 6.07) is 9.13. The maximum Gasteiger partial charge on any atom is 0.110 e. The van der Waals surface area contributed by atoms with Gasteiger partial charge in [0.2, 0.25) is 0 Å². The fraction of sp³-hybridized carbons (Fsp3) is 0.471. The van der Waals surface area contributed by atoms with Crippen molar-refractivity contribution < 1.29 is 0 Å². The van der Waals surface area contributed by atoms with Crippen LogP contribution < -0.4 is 5.32 Å². The van der Waals surface area contributed by atoms with Gasteiger partial charge in [-0.1, -0.05) is 43.7 Å². The van der Waals surface area contributed by atoms with Crippen LogP contribution in [0.25, 0.3) is 0 Å². The maximum absolute atomic E-state index is 4.52. The molecule has 2 rings (SSSR count). The fourth-order valence-electron chi connectivity index (χ4n) is 2.51. The molecule has 1 atom stereocenters. The van der Waals surface area contributed by atoms with Crippen molar-refractivity contribution >= 4 is 0 Å². The van der Waals surface area contributed by atoms with Crippen molar-refractivity contribution in [1.29, 1.82) is 0 Å². The molecular formula is C17H25N3. The van der Waals surface area contributed by atoms with Gasteiger partial charge in [0.1, 0.15) is 5.82 Å². The molecule has 108 valence electrons. The summed E-state index contributed by atoms with van der Waals surface area (Å²) < 4.78 is 2.26. The van der Waals surface area contributed by atoms with E-state index in [1.165, 1.54) is 17.0 Å². The van der Waals surface area contributed by atoms with E-state index in [0.717, 1.165) is 25.9 Å². The first kappa shape index (κ1) is 14.8. The third-order valence-electron chi connectivity index (χ3n) is 3.58. The number of imidazole rings is 1. The highest BCUT2D eigenvalue weighted by Crippen LogP contribution is 2.18. The minimum absolute atomic E-state index is 0.332. The minimum atomic E-state index is 0.332. The molecule has 0 aliphatic carbocycles. The minimum Gasteiger partial charge on any atom is -0.335 e. The van der Waals surface area contributed by atoms with Gasteiger partial charge in [-0.25, -0.2) is 4.98 Å². The molecule has 1 heterocycles. The Bertz CT molecular complexity index is 513. The standard InChI is InChI=1S/C17H25N3/c1-4-11-20-12-10-19-17(20)13-16(18-5-2)15-8-6-14(3)7-9-15/h6-10,12,16,18H,4-5,11,13H2,1-3H3. The second kappa shape index (κ2) is 7.25. The highest BCUT2D eigenvalue weighted by atomic mass is 15.1. The lowest BCUT2D eigenvalue weighted by Gasteiger charge is -2.19. The quantitative estimate of drug-likeness (QED) is 0.835. The zero-order valence-electron chi connectivity index (χ0n) is 12.8. The summed E-state index contributed by atoms with van der Waals surface area (Å²) in [4.78, 5) is 4.52. The van der Waals surface area contributed by atoms with Crippen molar-refractivity contribution in [3.63, 3.8) is 0 Å². The monoisotopic (exact) mass is 271 g/mol. The molecule has 20 heavy (non-hydrogen) atoms. The van der Waals surface area contributed by atoms with E-state index in [-0.39, 0.29) is 0 Å². The first-order chi connectivity index (χ1) is 9.74. The van der Waals surface area contributed by atoms with Crippen LogP contribution in [0.3, 0.4) is 0 Å². The van der Waals surface area contributed by atoms with Crippen LogP contribution >= 0.6 is 0 Å². The molecule has 3 heteroatoms. The lowest BCUT2D eigenvalue weighted by molar-refractivity contribution is 0.516. The molecule has 1 unspecified atom stereocenters. The van der Waals surface area contributed by atoms with Crippen LogP contribution in [0, 0.1) is 6.92 Å². The molecule has 2 aromatic rings. The molecular weight excluding hydrogens is 246 g/mol. The van der Waals surface area contributed by atoms with Gasteiger partial charge in [-0.3, -0.25) is 0 Å². The Kier molecular flexibility index (Phi) is 5.36. The van der Waals surface area contributed by atoms with Gasteiger partial charge >= 0.3 is 0 Å². The van der Waals surface area contributed by atoms with Crippen LogP contribution in [-0.2, 0) is 13.0 Å². The Labute approximate surface area is 122 Å². The summed E-state index contributed by atoms with van der Waals surface area (Å²) >= 11 is 0. The molecule has 0 radical (unpaired) electrons. The smallest absolute Gasteiger partial charge is 0.110 e. The number of likely N-dealkylation sites (N-methyl/N-ethyl adjacent to an activating group) is 1. The van der Waals surface area contributed by atoms with Crippen molar-refractivity contribution in [2.24, 2.45) is 0 Å². The van der Waals surface area contributed by atoms with Gasteiger partial charge in [0.05, 0.1) is 0 Å². The molecule has 1 aromatic heterocycles. The van der Waals surface area contributed by atoms with E-state index in [4.69, 9.17) is 0 Å². The van der Waals surface area contributed by atoms with Crippen LogP contribution in [0.2, 0.25) is 0 Å². The Morgan fingerprint density at radius 2 is 1.95 bits per heavy atom. The molecule has 1 aromatic carbocycles. The molecule has 0 saturated carbocycles. The van der Waals surface area contributed by atoms with Crippen molar-refractivity contribution in [1.82, 2.24) is 14.9 Å². The van der Waals surface area contributed by atoms with E-state index in [2.05, 4.69) is 66.1 Å². The van der Waals surface area contributed by atoms with Gasteiger partial charge in [0.15, 0.2) is 0 Å². The van der Waals surface area contributed by atoms with E-state index in [0.29, 0.717) is 6.04 Å². The molecule has 0 aliphatic heterocycles. The summed E-state index contributed by atoms with van der Waals surface area (Å²) in [6.07, 6.45) is 6.06. The van der Waals surface area contributed by atoms with E-state index in [9.17, 15) is 0 Å². The van der Waals surface area contributed by atoms with Gasteiger partial charge in [-0.2, -0.15) is 0 Å². The molecule has 3 nitrogen and oxygen atoms in total. The third kappa shape index (κ3) is 3.70. The second-order valence-corrected chi connectivity index (χ2v) is 5.26. The number of nitrogens with one attached hydrogen (secondary N) is 1. The largest absolute Gasteiger partial charge is 0.335 e. The topological polar surface area (TPSA) is 29.9 Å². The van der Waals surface area contributed by atoms with Gasteiger partial charge in [-0.05, 0) is 25.5 Å². The van der Waals surface area contributed by atoms with Gasteiger partial charge < -0.3 is 9.88 Å². The molecule has 0 fully saturated rings. The molecule has 0 spiro atoms. The summed E-state index contributed by atoms with van der Waals surface area (Å²) in [5, 5.41) is 3.57. The first-order valence-electron chi connectivity index (χ1n) is 7.54. The highest BCUT2D eigenvalue weighted by molar-refractivity contribution is 5.25. The first-order valence-corrected chi connectivity index (χ1v) is 7.54. The van der Waals surface area contributed by atoms with Crippen LogP contribution in [0.5, 0.6) is 0 Å². The Morgan fingerprint density at radius 1 is 1.20 bits per heavy atom. The zero-order valence-corrected chi connectivity index (χ0v) is 12.8. The van der Waals surface area contributed by atoms with Gasteiger partial charge in [0, 0.05) is 31.4 Å². The predicted molar refractivity (Wildman–Crippen MR) is 83.8 cm³/mol. The number of aromatic nitrogens is 2. The number of aryl methyl sites for hydroxylation is 2. The van der Waals surface area contributed by atoms with Crippen molar-refractivity contribution in [2.45, 2.75) is 46.2 Å². The maximum atomic E-state index is 4.52. The predicted octanol–water partition coefficient (Wildman–Crippen LogP) is 3.49. The SMILES string of the molecule is CCCn1ccnc1CC(NCC)c1ccc(C)cc1. The number of hydrogen-bond acceptors (Lipinski definition) is 2. The number of nitrogens with zero attached hydrogens (tertiary/aromatic N) is 2. The normalized spacial score (nSPS) is 12.6. The molecule has 0 aliphatic rings. The lowest BCUT2D eigenvalue weighted by Crippen LogP contribution is -2.24. The van der Waals surface area contributed by atoms with Gasteiger partial charge in [0.25, 0.3) is 0 Å².